The minimum Gasteiger partial charge on any atom is -0.496 e. The molecule has 0 saturated heterocycles. The van der Waals surface area contributed by atoms with Crippen molar-refractivity contribution in [3.05, 3.63) is 64.7 Å². The molecule has 0 atom stereocenters. The van der Waals surface area contributed by atoms with Gasteiger partial charge in [0.15, 0.2) is 0 Å². The van der Waals surface area contributed by atoms with Gasteiger partial charge >= 0.3 is 5.97 Å². The molecular formula is C21H18O4. The summed E-state index contributed by atoms with van der Waals surface area (Å²) >= 11 is 0. The van der Waals surface area contributed by atoms with E-state index in [2.05, 4.69) is 23.7 Å². The van der Waals surface area contributed by atoms with Crippen LogP contribution in [0, 0.1) is 23.7 Å². The second-order valence-corrected chi connectivity index (χ2v) is 4.98. The molecule has 0 heterocycles. The number of aliphatic hydroxyl groups excluding tert-OH is 1. The largest absolute Gasteiger partial charge is 0.496 e. The highest BCUT2D eigenvalue weighted by atomic mass is 16.5. The van der Waals surface area contributed by atoms with E-state index < -0.39 is 5.97 Å². The summed E-state index contributed by atoms with van der Waals surface area (Å²) in [4.78, 5) is 11.8. The van der Waals surface area contributed by atoms with E-state index in [0.717, 1.165) is 11.1 Å². The summed E-state index contributed by atoms with van der Waals surface area (Å²) < 4.78 is 9.94. The Morgan fingerprint density at radius 2 is 1.76 bits per heavy atom. The standard InChI is InChI=1S/C21H18O4/c1-24-20-13-11-16(15-19(20)21(23)25-2)10-12-18-8-4-3-7-17(18)9-5-6-14-22/h3-4,7-8,11,13,15,22H,6,14H2,1-2H3. The maximum Gasteiger partial charge on any atom is 0.341 e. The fourth-order valence-corrected chi connectivity index (χ4v) is 2.11. The predicted octanol–water partition coefficient (Wildman–Crippen LogP) is 2.62. The van der Waals surface area contributed by atoms with Gasteiger partial charge in [-0.05, 0) is 30.3 Å². The molecule has 0 radical (unpaired) electrons. The van der Waals surface area contributed by atoms with Gasteiger partial charge in [-0.15, -0.1) is 0 Å². The molecule has 0 bridgehead atoms. The van der Waals surface area contributed by atoms with E-state index in [0.29, 0.717) is 23.3 Å². The van der Waals surface area contributed by atoms with Gasteiger partial charge in [0.05, 0.1) is 20.8 Å². The number of carbonyl (C=O) groups excluding carboxylic acids is 1. The van der Waals surface area contributed by atoms with Crippen LogP contribution >= 0.6 is 0 Å². The van der Waals surface area contributed by atoms with Crippen LogP contribution in [0.15, 0.2) is 42.5 Å². The maximum absolute atomic E-state index is 11.8. The van der Waals surface area contributed by atoms with Gasteiger partial charge in [-0.1, -0.05) is 35.8 Å². The van der Waals surface area contributed by atoms with Crippen molar-refractivity contribution in [2.24, 2.45) is 0 Å². The third-order valence-electron chi connectivity index (χ3n) is 3.33. The van der Waals surface area contributed by atoms with Crippen molar-refractivity contribution in [1.29, 1.82) is 0 Å². The van der Waals surface area contributed by atoms with Gasteiger partial charge in [0, 0.05) is 23.1 Å². The van der Waals surface area contributed by atoms with Crippen molar-refractivity contribution in [3.8, 4) is 29.4 Å². The third-order valence-corrected chi connectivity index (χ3v) is 3.33. The van der Waals surface area contributed by atoms with Gasteiger partial charge in [-0.25, -0.2) is 4.79 Å². The van der Waals surface area contributed by atoms with Crippen molar-refractivity contribution in [2.75, 3.05) is 20.8 Å². The zero-order chi connectivity index (χ0) is 18.1. The molecular weight excluding hydrogens is 316 g/mol. The number of hydrogen-bond donors (Lipinski definition) is 1. The topological polar surface area (TPSA) is 55.8 Å². The highest BCUT2D eigenvalue weighted by Gasteiger charge is 2.12. The summed E-state index contributed by atoms with van der Waals surface area (Å²) in [6.07, 6.45) is 0.419. The van der Waals surface area contributed by atoms with Crippen molar-refractivity contribution in [1.82, 2.24) is 0 Å². The minimum absolute atomic E-state index is 0.0308. The van der Waals surface area contributed by atoms with Crippen molar-refractivity contribution < 1.29 is 19.4 Å². The predicted molar refractivity (Wildman–Crippen MR) is 95.3 cm³/mol. The van der Waals surface area contributed by atoms with Crippen LogP contribution in [0.4, 0.5) is 0 Å². The van der Waals surface area contributed by atoms with Crippen molar-refractivity contribution >= 4 is 5.97 Å². The molecule has 25 heavy (non-hydrogen) atoms. The van der Waals surface area contributed by atoms with E-state index >= 15 is 0 Å². The quantitative estimate of drug-likeness (QED) is 0.692. The van der Waals surface area contributed by atoms with E-state index in [1.807, 2.05) is 24.3 Å². The van der Waals surface area contributed by atoms with Gasteiger partial charge in [0.1, 0.15) is 11.3 Å². The Labute approximate surface area is 147 Å². The lowest BCUT2D eigenvalue weighted by atomic mass is 10.1. The number of aliphatic hydroxyl groups is 1. The van der Waals surface area contributed by atoms with Gasteiger partial charge in [-0.3, -0.25) is 0 Å². The number of hydrogen-bond acceptors (Lipinski definition) is 4. The molecule has 2 rings (SSSR count). The van der Waals surface area contributed by atoms with Crippen LogP contribution in [0.5, 0.6) is 5.75 Å². The number of rotatable bonds is 3. The second kappa shape index (κ2) is 9.17. The summed E-state index contributed by atoms with van der Waals surface area (Å²) in [5.41, 5.74) is 2.57. The molecule has 0 saturated carbocycles. The molecule has 4 heteroatoms. The number of benzene rings is 2. The molecule has 0 amide bonds. The molecule has 0 spiro atoms. The van der Waals surface area contributed by atoms with Crippen LogP contribution in [0.3, 0.4) is 0 Å². The Kier molecular flexibility index (Phi) is 6.65. The number of ether oxygens (including phenoxy) is 2. The van der Waals surface area contributed by atoms with E-state index in [1.165, 1.54) is 14.2 Å². The molecule has 0 aliphatic heterocycles. The van der Waals surface area contributed by atoms with Crippen LogP contribution in [0.25, 0.3) is 0 Å². The first-order chi connectivity index (χ1) is 12.2. The SMILES string of the molecule is COC(=O)c1cc(C#Cc2ccccc2C#CCCO)ccc1OC. The number of esters is 1. The molecule has 0 unspecified atom stereocenters. The Hall–Kier alpha value is -3.21. The molecule has 0 aromatic heterocycles. The molecule has 2 aromatic rings. The first-order valence-electron chi connectivity index (χ1n) is 7.66. The number of methoxy groups -OCH3 is 2. The van der Waals surface area contributed by atoms with Crippen LogP contribution in [-0.4, -0.2) is 31.9 Å². The monoisotopic (exact) mass is 334 g/mol. The highest BCUT2D eigenvalue weighted by molar-refractivity contribution is 5.92. The fraction of sp³-hybridized carbons (Fsp3) is 0.190. The zero-order valence-corrected chi connectivity index (χ0v) is 14.1. The normalized spacial score (nSPS) is 9.24. The summed E-state index contributed by atoms with van der Waals surface area (Å²) in [7, 11) is 2.82. The van der Waals surface area contributed by atoms with Crippen LogP contribution in [-0.2, 0) is 4.74 Å². The first-order valence-corrected chi connectivity index (χ1v) is 7.66. The van der Waals surface area contributed by atoms with Gasteiger partial charge in [0.25, 0.3) is 0 Å². The molecule has 126 valence electrons. The second-order valence-electron chi connectivity index (χ2n) is 4.98. The molecule has 0 aliphatic carbocycles. The molecule has 0 aliphatic rings. The highest BCUT2D eigenvalue weighted by Crippen LogP contribution is 2.20. The van der Waals surface area contributed by atoms with E-state index in [-0.39, 0.29) is 6.61 Å². The summed E-state index contributed by atoms with van der Waals surface area (Å²) in [6, 6.07) is 12.6. The summed E-state index contributed by atoms with van der Waals surface area (Å²) in [6.45, 7) is 0.0308. The van der Waals surface area contributed by atoms with Crippen molar-refractivity contribution in [2.45, 2.75) is 6.42 Å². The lowest BCUT2D eigenvalue weighted by Crippen LogP contribution is -2.04. The molecule has 2 aromatic carbocycles. The average Bonchev–Trinajstić information content (AvgIpc) is 2.66. The number of carbonyl (C=O) groups is 1. The maximum atomic E-state index is 11.8. The van der Waals surface area contributed by atoms with E-state index in [9.17, 15) is 4.79 Å². The van der Waals surface area contributed by atoms with E-state index in [1.54, 1.807) is 18.2 Å². The van der Waals surface area contributed by atoms with Gasteiger partial charge in [-0.2, -0.15) is 0 Å². The third kappa shape index (κ3) is 4.88. The molecule has 1 N–H and O–H groups in total. The van der Waals surface area contributed by atoms with E-state index in [4.69, 9.17) is 14.6 Å². The first kappa shape index (κ1) is 18.1. The van der Waals surface area contributed by atoms with Gasteiger partial charge in [0.2, 0.25) is 0 Å². The lowest BCUT2D eigenvalue weighted by Gasteiger charge is -2.06. The Morgan fingerprint density at radius 3 is 2.40 bits per heavy atom. The van der Waals surface area contributed by atoms with Crippen LogP contribution in [0.2, 0.25) is 0 Å². The van der Waals surface area contributed by atoms with Crippen LogP contribution in [0.1, 0.15) is 33.5 Å². The molecule has 0 fully saturated rings. The summed E-state index contributed by atoms with van der Waals surface area (Å²) in [5.74, 6) is 12.0. The van der Waals surface area contributed by atoms with Gasteiger partial charge < -0.3 is 14.6 Å². The fourth-order valence-electron chi connectivity index (χ4n) is 2.11. The average molecular weight is 334 g/mol. The Morgan fingerprint density at radius 1 is 1.04 bits per heavy atom. The Bertz CT molecular complexity index is 876. The van der Waals surface area contributed by atoms with Crippen molar-refractivity contribution in [3.63, 3.8) is 0 Å². The summed E-state index contributed by atoms with van der Waals surface area (Å²) in [5, 5.41) is 8.82. The Balaban J connectivity index is 2.37. The van der Waals surface area contributed by atoms with Crippen LogP contribution < -0.4 is 4.74 Å². The zero-order valence-electron chi connectivity index (χ0n) is 14.1. The smallest absolute Gasteiger partial charge is 0.341 e. The minimum atomic E-state index is -0.476. The molecule has 4 nitrogen and oxygen atoms in total. The lowest BCUT2D eigenvalue weighted by molar-refractivity contribution is 0.0597.